The normalized spacial score (nSPS) is 13.5. The molecule has 0 bridgehead atoms. The molecule has 2 unspecified atom stereocenters. The Morgan fingerprint density at radius 3 is 1.58 bits per heavy atom. The van der Waals surface area contributed by atoms with E-state index in [9.17, 15) is 19.5 Å². The number of unbranched alkanes of at least 4 members (excludes halogenated alkanes) is 14. The molecule has 0 aromatic heterocycles. The Kier molecular flexibility index (Phi) is 31.6. The highest BCUT2D eigenvalue weighted by molar-refractivity contribution is 5.70. The summed E-state index contributed by atoms with van der Waals surface area (Å²) in [5, 5.41) is 11.6. The first-order chi connectivity index (χ1) is 24.1. The average molecular weight is 704 g/mol. The fourth-order valence-corrected chi connectivity index (χ4v) is 5.33. The third kappa shape index (κ3) is 31.3. The number of carboxylic acids is 1. The van der Waals surface area contributed by atoms with E-state index in [0.717, 1.165) is 70.6 Å². The number of hydrogen-bond acceptors (Lipinski definition) is 7. The van der Waals surface area contributed by atoms with Crippen LogP contribution in [-0.2, 0) is 28.6 Å². The van der Waals surface area contributed by atoms with Crippen molar-refractivity contribution in [1.29, 1.82) is 0 Å². The molecule has 0 heterocycles. The average Bonchev–Trinajstić information content (AvgIpc) is 3.06. The van der Waals surface area contributed by atoms with Crippen LogP contribution < -0.4 is 5.11 Å². The molecule has 0 aromatic carbocycles. The van der Waals surface area contributed by atoms with Crippen molar-refractivity contribution in [3.05, 3.63) is 48.6 Å². The van der Waals surface area contributed by atoms with Crippen molar-refractivity contribution in [3.8, 4) is 0 Å². The molecule has 0 spiro atoms. The molecular formula is C42H73NO7. The molecule has 0 rings (SSSR count). The van der Waals surface area contributed by atoms with Gasteiger partial charge in [-0.05, 0) is 57.8 Å². The van der Waals surface area contributed by atoms with Crippen molar-refractivity contribution in [3.63, 3.8) is 0 Å². The molecule has 0 fully saturated rings. The Hall–Kier alpha value is -2.71. The van der Waals surface area contributed by atoms with E-state index in [-0.39, 0.29) is 49.1 Å². The summed E-state index contributed by atoms with van der Waals surface area (Å²) in [7, 11) is 5.38. The molecule has 0 aliphatic heterocycles. The summed E-state index contributed by atoms with van der Waals surface area (Å²) in [6, 6.07) is -0.732. The molecule has 0 N–H and O–H groups in total. The quantitative estimate of drug-likeness (QED) is 0.0286. The van der Waals surface area contributed by atoms with Gasteiger partial charge in [-0.3, -0.25) is 9.59 Å². The molecule has 0 aromatic rings. The van der Waals surface area contributed by atoms with Crippen molar-refractivity contribution in [1.82, 2.24) is 0 Å². The molecular weight excluding hydrogens is 630 g/mol. The van der Waals surface area contributed by atoms with E-state index < -0.39 is 18.1 Å². The minimum atomic E-state index is -1.13. The van der Waals surface area contributed by atoms with E-state index in [4.69, 9.17) is 14.2 Å². The fraction of sp³-hybridized carbons (Fsp3) is 0.738. The predicted molar refractivity (Wildman–Crippen MR) is 203 cm³/mol. The van der Waals surface area contributed by atoms with Gasteiger partial charge < -0.3 is 28.6 Å². The van der Waals surface area contributed by atoms with Gasteiger partial charge in [0.1, 0.15) is 12.6 Å². The topological polar surface area (TPSA) is 102 Å². The summed E-state index contributed by atoms with van der Waals surface area (Å²) in [5.74, 6) is -1.79. The maximum absolute atomic E-state index is 12.6. The van der Waals surface area contributed by atoms with Crippen molar-refractivity contribution < 1.29 is 38.2 Å². The first-order valence-corrected chi connectivity index (χ1v) is 19.7. The van der Waals surface area contributed by atoms with Gasteiger partial charge in [-0.1, -0.05) is 120 Å². The third-order valence-electron chi connectivity index (χ3n) is 8.49. The van der Waals surface area contributed by atoms with Crippen LogP contribution in [0.2, 0.25) is 0 Å². The van der Waals surface area contributed by atoms with Crippen molar-refractivity contribution in [2.45, 2.75) is 161 Å². The van der Waals surface area contributed by atoms with Crippen molar-refractivity contribution in [2.75, 3.05) is 41.0 Å². The van der Waals surface area contributed by atoms with Gasteiger partial charge in [0.2, 0.25) is 0 Å². The zero-order valence-corrected chi connectivity index (χ0v) is 32.5. The Balaban J connectivity index is 4.46. The van der Waals surface area contributed by atoms with E-state index in [1.165, 1.54) is 44.9 Å². The number of rotatable bonds is 34. The number of likely N-dealkylation sites (N-methyl/N-ethyl adjacent to an activating group) is 1. The summed E-state index contributed by atoms with van der Waals surface area (Å²) in [4.78, 5) is 36.6. The second kappa shape index (κ2) is 33.4. The highest BCUT2D eigenvalue weighted by atomic mass is 16.6. The second-order valence-corrected chi connectivity index (χ2v) is 14.2. The fourth-order valence-electron chi connectivity index (χ4n) is 5.33. The first-order valence-electron chi connectivity index (χ1n) is 19.7. The van der Waals surface area contributed by atoms with Gasteiger partial charge in [0.15, 0.2) is 6.10 Å². The molecule has 8 nitrogen and oxygen atoms in total. The molecule has 50 heavy (non-hydrogen) atoms. The molecule has 0 saturated carbocycles. The van der Waals surface area contributed by atoms with Crippen LogP contribution in [0.4, 0.5) is 0 Å². The van der Waals surface area contributed by atoms with Crippen LogP contribution in [0.15, 0.2) is 48.6 Å². The van der Waals surface area contributed by atoms with Gasteiger partial charge in [-0.15, -0.1) is 0 Å². The smallest absolute Gasteiger partial charge is 0.306 e. The molecule has 288 valence electrons. The van der Waals surface area contributed by atoms with E-state index in [2.05, 4.69) is 62.5 Å². The van der Waals surface area contributed by atoms with E-state index in [1.54, 1.807) is 21.1 Å². The summed E-state index contributed by atoms with van der Waals surface area (Å²) in [5.41, 5.74) is 0. The Morgan fingerprint density at radius 2 is 1.06 bits per heavy atom. The van der Waals surface area contributed by atoms with Crippen LogP contribution in [-0.4, -0.2) is 75.5 Å². The second-order valence-electron chi connectivity index (χ2n) is 14.2. The number of carboxylic acid groups (broad SMARTS) is 1. The van der Waals surface area contributed by atoms with Crippen LogP contribution in [0.1, 0.15) is 149 Å². The molecule has 2 atom stereocenters. The number of nitrogens with zero attached hydrogens (tertiary/aromatic N) is 1. The lowest BCUT2D eigenvalue weighted by molar-refractivity contribution is -0.889. The zero-order chi connectivity index (χ0) is 37.1. The maximum Gasteiger partial charge on any atom is 0.306 e. The van der Waals surface area contributed by atoms with Crippen molar-refractivity contribution >= 4 is 17.9 Å². The summed E-state index contributed by atoms with van der Waals surface area (Å²) in [6.07, 6.45) is 37.0. The Labute approximate surface area is 306 Å². The number of esters is 2. The van der Waals surface area contributed by atoms with Crippen LogP contribution in [0.25, 0.3) is 0 Å². The minimum absolute atomic E-state index is 0.0247. The summed E-state index contributed by atoms with van der Waals surface area (Å²) >= 11 is 0. The van der Waals surface area contributed by atoms with Gasteiger partial charge in [0.05, 0.1) is 40.3 Å². The highest BCUT2D eigenvalue weighted by Gasteiger charge is 2.25. The number of ether oxygens (including phenoxy) is 3. The van der Waals surface area contributed by atoms with Crippen molar-refractivity contribution in [2.24, 2.45) is 0 Å². The van der Waals surface area contributed by atoms with E-state index in [0.29, 0.717) is 6.42 Å². The van der Waals surface area contributed by atoms with Gasteiger partial charge >= 0.3 is 11.9 Å². The SMILES string of the molecule is CCCC/C=C/C=C/CCCCCC(=O)OC(COCCC(C(=O)[O-])[N+](C)(C)C)COC(=O)CCCCCCCC/C=C/C=C/CCCCC. The Morgan fingerprint density at radius 1 is 0.600 bits per heavy atom. The molecule has 0 amide bonds. The van der Waals surface area contributed by atoms with Gasteiger partial charge in [0.25, 0.3) is 0 Å². The lowest BCUT2D eigenvalue weighted by Crippen LogP contribution is -2.55. The van der Waals surface area contributed by atoms with Crippen LogP contribution in [0.5, 0.6) is 0 Å². The monoisotopic (exact) mass is 704 g/mol. The van der Waals surface area contributed by atoms with Crippen LogP contribution >= 0.6 is 0 Å². The Bertz CT molecular complexity index is 964. The van der Waals surface area contributed by atoms with Gasteiger partial charge in [-0.2, -0.15) is 0 Å². The van der Waals surface area contributed by atoms with E-state index in [1.807, 2.05) is 0 Å². The number of carbonyl (C=O) groups excluding carboxylic acids is 3. The third-order valence-corrected chi connectivity index (χ3v) is 8.49. The standard InChI is InChI=1S/C42H73NO7/c1-6-8-10-12-14-16-18-19-20-21-23-24-26-28-30-32-40(44)49-37-38(36-48-35-34-39(42(46)47)43(3,4)5)50-41(45)33-31-29-27-25-22-17-15-13-11-9-7-2/h13-19,22,38-39H,6-12,20-21,23-37H2,1-5H3/b15-13+,16-14+,19-18+,22-17+. The van der Waals surface area contributed by atoms with Gasteiger partial charge in [0, 0.05) is 19.3 Å². The number of quaternary nitrogens is 1. The highest BCUT2D eigenvalue weighted by Crippen LogP contribution is 2.12. The lowest BCUT2D eigenvalue weighted by Gasteiger charge is -2.34. The first kappa shape index (κ1) is 47.3. The molecule has 0 radical (unpaired) electrons. The summed E-state index contributed by atoms with van der Waals surface area (Å²) < 4.78 is 17.0. The number of aliphatic carboxylic acids is 1. The maximum atomic E-state index is 12.6. The lowest BCUT2D eigenvalue weighted by atomic mass is 10.1. The number of allylic oxidation sites excluding steroid dienone is 8. The van der Waals surface area contributed by atoms with Crippen LogP contribution in [0, 0.1) is 0 Å². The summed E-state index contributed by atoms with van der Waals surface area (Å²) in [6.45, 7) is 4.51. The van der Waals surface area contributed by atoms with Crippen LogP contribution in [0.3, 0.4) is 0 Å². The number of carbonyl (C=O) groups is 3. The number of hydrogen-bond donors (Lipinski definition) is 0. The zero-order valence-electron chi connectivity index (χ0n) is 32.5. The molecule has 0 saturated heterocycles. The predicted octanol–water partition coefficient (Wildman–Crippen LogP) is 8.74. The molecule has 8 heteroatoms. The molecule has 0 aliphatic carbocycles. The van der Waals surface area contributed by atoms with Gasteiger partial charge in [-0.25, -0.2) is 0 Å². The largest absolute Gasteiger partial charge is 0.544 e. The minimum Gasteiger partial charge on any atom is -0.544 e. The van der Waals surface area contributed by atoms with E-state index >= 15 is 0 Å². The molecule has 0 aliphatic rings.